The molecule has 1 aromatic carbocycles. The van der Waals surface area contributed by atoms with E-state index >= 15 is 0 Å². The van der Waals surface area contributed by atoms with Crippen molar-refractivity contribution >= 4 is 23.4 Å². The molecule has 0 aromatic heterocycles. The van der Waals surface area contributed by atoms with E-state index in [1.165, 1.54) is 6.92 Å². The van der Waals surface area contributed by atoms with Gasteiger partial charge in [0.15, 0.2) is 0 Å². The Labute approximate surface area is 158 Å². The maximum absolute atomic E-state index is 12.1. The number of rotatable bonds is 5. The molecule has 0 unspecified atom stereocenters. The molecule has 2 N–H and O–H groups in total. The molecular formula is C19H24N4O4. The maximum atomic E-state index is 12.1. The molecular weight excluding hydrogens is 348 g/mol. The number of ether oxygens (including phenoxy) is 1. The van der Waals surface area contributed by atoms with Crippen molar-refractivity contribution in [3.05, 3.63) is 35.7 Å². The Bertz CT molecular complexity index is 735. The van der Waals surface area contributed by atoms with Gasteiger partial charge in [0.2, 0.25) is 12.5 Å². The molecule has 0 bridgehead atoms. The molecule has 2 saturated heterocycles. The Balaban J connectivity index is 1.59. The number of carbonyl (C=O) groups excluding carboxylic acids is 2. The van der Waals surface area contributed by atoms with E-state index in [-0.39, 0.29) is 18.6 Å². The van der Waals surface area contributed by atoms with E-state index in [0.29, 0.717) is 39.0 Å². The number of hydrogen-bond donors (Lipinski definition) is 2. The van der Waals surface area contributed by atoms with Crippen LogP contribution in [0.1, 0.15) is 19.8 Å². The molecule has 3 rings (SSSR count). The molecule has 2 aliphatic heterocycles. The largest absolute Gasteiger partial charge is 0.442 e. The van der Waals surface area contributed by atoms with Crippen LogP contribution in [0.3, 0.4) is 0 Å². The Morgan fingerprint density at radius 3 is 2.56 bits per heavy atom. The van der Waals surface area contributed by atoms with Gasteiger partial charge in [-0.2, -0.15) is 0 Å². The number of hydrogen-bond acceptors (Lipinski definition) is 5. The van der Waals surface area contributed by atoms with Crippen molar-refractivity contribution in [3.63, 3.8) is 0 Å². The van der Waals surface area contributed by atoms with Crippen LogP contribution in [0.2, 0.25) is 0 Å². The quantitative estimate of drug-likeness (QED) is 0.763. The summed E-state index contributed by atoms with van der Waals surface area (Å²) in [5.74, 6) is -0.154. The Morgan fingerprint density at radius 2 is 1.96 bits per heavy atom. The molecule has 2 fully saturated rings. The summed E-state index contributed by atoms with van der Waals surface area (Å²) in [6, 6.07) is 7.64. The third-order valence-electron chi connectivity index (χ3n) is 5.05. The lowest BCUT2D eigenvalue weighted by atomic mass is 9.91. The molecule has 8 heteroatoms. The summed E-state index contributed by atoms with van der Waals surface area (Å²) in [6.45, 7) is 10.6. The van der Waals surface area contributed by atoms with Gasteiger partial charge in [-0.25, -0.2) is 11.4 Å². The van der Waals surface area contributed by atoms with Crippen LogP contribution in [0, 0.1) is 6.57 Å². The van der Waals surface area contributed by atoms with E-state index in [1.54, 1.807) is 4.90 Å². The van der Waals surface area contributed by atoms with Gasteiger partial charge in [0.05, 0.1) is 13.1 Å². The van der Waals surface area contributed by atoms with Crippen molar-refractivity contribution in [3.8, 4) is 0 Å². The number of aliphatic hydroxyl groups is 1. The number of anilines is 2. The Hall–Kier alpha value is -2.79. The summed E-state index contributed by atoms with van der Waals surface area (Å²) in [5.41, 5.74) is 0.891. The van der Waals surface area contributed by atoms with Gasteiger partial charge >= 0.3 is 6.09 Å². The topological polar surface area (TPSA) is 86.5 Å². The van der Waals surface area contributed by atoms with E-state index < -0.39 is 11.7 Å². The minimum Gasteiger partial charge on any atom is -0.442 e. The lowest BCUT2D eigenvalue weighted by molar-refractivity contribution is -0.119. The number of amides is 2. The summed E-state index contributed by atoms with van der Waals surface area (Å²) < 4.78 is 5.28. The highest BCUT2D eigenvalue weighted by Crippen LogP contribution is 2.29. The van der Waals surface area contributed by atoms with Crippen LogP contribution in [0.15, 0.2) is 24.3 Å². The summed E-state index contributed by atoms with van der Waals surface area (Å²) in [6.07, 6.45) is 0.365. The van der Waals surface area contributed by atoms with E-state index in [4.69, 9.17) is 11.3 Å². The summed E-state index contributed by atoms with van der Waals surface area (Å²) >= 11 is 0. The van der Waals surface area contributed by atoms with Crippen LogP contribution < -0.4 is 15.1 Å². The zero-order chi connectivity index (χ0) is 19.4. The maximum Gasteiger partial charge on any atom is 0.414 e. The van der Waals surface area contributed by atoms with Crippen molar-refractivity contribution in [1.82, 2.24) is 5.32 Å². The van der Waals surface area contributed by atoms with Gasteiger partial charge in [0, 0.05) is 44.2 Å². The van der Waals surface area contributed by atoms with Crippen LogP contribution in [0.4, 0.5) is 16.2 Å². The van der Waals surface area contributed by atoms with E-state index in [9.17, 15) is 14.7 Å². The molecule has 144 valence electrons. The summed E-state index contributed by atoms with van der Waals surface area (Å²) in [5, 5.41) is 13.0. The van der Waals surface area contributed by atoms with Crippen molar-refractivity contribution in [2.24, 2.45) is 0 Å². The molecule has 0 saturated carbocycles. The molecule has 27 heavy (non-hydrogen) atoms. The fraction of sp³-hybridized carbons (Fsp3) is 0.526. The van der Waals surface area contributed by atoms with Gasteiger partial charge in [-0.1, -0.05) is 0 Å². The SMILES string of the molecule is [C-]#[N+]CC1(O)CCN(c2ccc(N3C[C@H](CNC(C)=O)OC3=O)cc2)CC1. The monoisotopic (exact) mass is 372 g/mol. The number of cyclic esters (lactones) is 1. The smallest absolute Gasteiger partial charge is 0.414 e. The Kier molecular flexibility index (Phi) is 5.51. The molecule has 0 aliphatic carbocycles. The molecule has 0 spiro atoms. The average Bonchev–Trinajstić information content (AvgIpc) is 3.02. The number of benzene rings is 1. The van der Waals surface area contributed by atoms with E-state index in [0.717, 1.165) is 11.4 Å². The summed E-state index contributed by atoms with van der Waals surface area (Å²) in [7, 11) is 0. The van der Waals surface area contributed by atoms with E-state index in [1.807, 2.05) is 24.3 Å². The van der Waals surface area contributed by atoms with Crippen LogP contribution in [-0.2, 0) is 9.53 Å². The van der Waals surface area contributed by atoms with Crippen LogP contribution in [0.25, 0.3) is 4.85 Å². The Morgan fingerprint density at radius 1 is 1.33 bits per heavy atom. The second kappa shape index (κ2) is 7.84. The van der Waals surface area contributed by atoms with Crippen LogP contribution >= 0.6 is 0 Å². The first-order chi connectivity index (χ1) is 12.9. The highest BCUT2D eigenvalue weighted by atomic mass is 16.6. The average molecular weight is 372 g/mol. The molecule has 2 heterocycles. The van der Waals surface area contributed by atoms with Gasteiger partial charge in [-0.15, -0.1) is 0 Å². The fourth-order valence-corrected chi connectivity index (χ4v) is 3.43. The minimum atomic E-state index is -0.875. The predicted molar refractivity (Wildman–Crippen MR) is 101 cm³/mol. The van der Waals surface area contributed by atoms with Crippen molar-refractivity contribution in [1.29, 1.82) is 0 Å². The molecule has 2 amide bonds. The van der Waals surface area contributed by atoms with Gasteiger partial charge in [-0.3, -0.25) is 9.69 Å². The fourth-order valence-electron chi connectivity index (χ4n) is 3.43. The zero-order valence-electron chi connectivity index (χ0n) is 15.4. The lowest BCUT2D eigenvalue weighted by Gasteiger charge is -2.36. The van der Waals surface area contributed by atoms with Crippen LogP contribution in [0.5, 0.6) is 0 Å². The van der Waals surface area contributed by atoms with Crippen molar-refractivity contribution in [2.45, 2.75) is 31.5 Å². The summed E-state index contributed by atoms with van der Waals surface area (Å²) in [4.78, 5) is 30.1. The van der Waals surface area contributed by atoms with Gasteiger partial charge in [-0.05, 0) is 24.3 Å². The first-order valence-corrected chi connectivity index (χ1v) is 9.03. The number of piperidine rings is 1. The second-order valence-electron chi connectivity index (χ2n) is 7.10. The third kappa shape index (κ3) is 4.49. The highest BCUT2D eigenvalue weighted by Gasteiger charge is 2.35. The standard InChI is InChI=1S/C19H24N4O4/c1-14(24)21-11-17-12-23(18(25)27-17)16-5-3-15(4-6-16)22-9-7-19(26,8-10-22)13-20-2/h3-6,17,26H,7-13H2,1H3,(H,21,24)/t17-/m0/s1. The first-order valence-electron chi connectivity index (χ1n) is 9.03. The molecule has 2 aliphatic rings. The molecule has 8 nitrogen and oxygen atoms in total. The lowest BCUT2D eigenvalue weighted by Crippen LogP contribution is -2.46. The third-order valence-corrected chi connectivity index (χ3v) is 5.05. The second-order valence-corrected chi connectivity index (χ2v) is 7.10. The van der Waals surface area contributed by atoms with Gasteiger partial charge < -0.3 is 24.9 Å². The highest BCUT2D eigenvalue weighted by molar-refractivity contribution is 5.90. The first kappa shape index (κ1) is 19.0. The molecule has 1 aromatic rings. The van der Waals surface area contributed by atoms with Crippen molar-refractivity contribution < 1.29 is 19.4 Å². The van der Waals surface area contributed by atoms with E-state index in [2.05, 4.69) is 15.1 Å². The number of nitrogens with zero attached hydrogens (tertiary/aromatic N) is 3. The van der Waals surface area contributed by atoms with Crippen molar-refractivity contribution in [2.75, 3.05) is 42.5 Å². The predicted octanol–water partition coefficient (Wildman–Crippen LogP) is 1.40. The normalized spacial score (nSPS) is 21.5. The van der Waals surface area contributed by atoms with Gasteiger partial charge in [0.25, 0.3) is 0 Å². The molecule has 0 radical (unpaired) electrons. The number of carbonyl (C=O) groups is 2. The molecule has 1 atom stereocenters. The zero-order valence-corrected chi connectivity index (χ0v) is 15.4. The van der Waals surface area contributed by atoms with Gasteiger partial charge in [0.1, 0.15) is 11.7 Å². The van der Waals surface area contributed by atoms with Crippen LogP contribution in [-0.4, -0.2) is 61.5 Å². The number of nitrogens with one attached hydrogen (secondary N) is 1. The minimum absolute atomic E-state index is 0.149.